The van der Waals surface area contributed by atoms with E-state index < -0.39 is 5.97 Å². The maximum absolute atomic E-state index is 10.6. The molecule has 1 aromatic carbocycles. The molecule has 0 heterocycles. The van der Waals surface area contributed by atoms with Crippen LogP contribution in [-0.4, -0.2) is 22.2 Å². The molecule has 0 aliphatic rings. The zero-order chi connectivity index (χ0) is 10.7. The van der Waals surface area contributed by atoms with E-state index in [0.29, 0.717) is 12.0 Å². The van der Waals surface area contributed by atoms with E-state index >= 15 is 0 Å². The van der Waals surface area contributed by atoms with Crippen LogP contribution in [0.25, 0.3) is 0 Å². The van der Waals surface area contributed by atoms with Crippen LogP contribution in [0.2, 0.25) is 0 Å². The first-order chi connectivity index (χ1) is 6.50. The Kier molecular flexibility index (Phi) is 3.09. The zero-order valence-electron chi connectivity index (χ0n) is 7.90. The molecule has 0 radical (unpaired) electrons. The third kappa shape index (κ3) is 2.47. The lowest BCUT2D eigenvalue weighted by atomic mass is 10.0. The van der Waals surface area contributed by atoms with Crippen LogP contribution in [0.3, 0.4) is 0 Å². The van der Waals surface area contributed by atoms with Gasteiger partial charge >= 0.3 is 5.97 Å². The third-order valence-corrected chi connectivity index (χ3v) is 1.87. The van der Waals surface area contributed by atoms with Crippen molar-refractivity contribution in [1.29, 1.82) is 0 Å². The van der Waals surface area contributed by atoms with E-state index in [9.17, 15) is 9.90 Å². The van der Waals surface area contributed by atoms with Gasteiger partial charge in [-0.1, -0.05) is 6.07 Å². The maximum atomic E-state index is 10.6. The Morgan fingerprint density at radius 1 is 1.57 bits per heavy atom. The number of carbonyl (C=O) groups is 1. The number of carboxylic acid groups (broad SMARTS) is 1. The lowest BCUT2D eigenvalue weighted by Crippen LogP contribution is -2.17. The number of aromatic carboxylic acids is 1. The Bertz CT molecular complexity index is 347. The number of nitrogens with two attached hydrogens (primary N) is 1. The number of phenols is 1. The first-order valence-corrected chi connectivity index (χ1v) is 4.31. The normalized spacial score (nSPS) is 12.4. The predicted octanol–water partition coefficient (Wildman–Crippen LogP) is 0.980. The summed E-state index contributed by atoms with van der Waals surface area (Å²) in [7, 11) is 0. The zero-order valence-corrected chi connectivity index (χ0v) is 7.90. The second-order valence-electron chi connectivity index (χ2n) is 3.33. The topological polar surface area (TPSA) is 83.6 Å². The highest BCUT2D eigenvalue weighted by Gasteiger charge is 2.08. The van der Waals surface area contributed by atoms with Crippen LogP contribution in [-0.2, 0) is 6.42 Å². The van der Waals surface area contributed by atoms with Crippen molar-refractivity contribution in [1.82, 2.24) is 0 Å². The quantitative estimate of drug-likeness (QED) is 0.671. The molecule has 1 atom stereocenters. The van der Waals surface area contributed by atoms with Crippen LogP contribution in [0.1, 0.15) is 22.8 Å². The molecule has 76 valence electrons. The second kappa shape index (κ2) is 4.11. The molecule has 4 heteroatoms. The van der Waals surface area contributed by atoms with Crippen LogP contribution >= 0.6 is 0 Å². The molecule has 14 heavy (non-hydrogen) atoms. The minimum atomic E-state index is -1.05. The van der Waals surface area contributed by atoms with Crippen molar-refractivity contribution in [2.45, 2.75) is 19.4 Å². The predicted molar refractivity (Wildman–Crippen MR) is 52.4 cm³/mol. The monoisotopic (exact) mass is 195 g/mol. The standard InChI is InChI=1S/C10H13NO3/c1-6(11)4-7-2-3-8(10(13)14)5-9(7)12/h2-3,5-6,12H,4,11H2,1H3,(H,13,14)/t6-/m1/s1. The SMILES string of the molecule is C[C@@H](N)Cc1ccc(C(=O)O)cc1O. The van der Waals surface area contributed by atoms with Crippen molar-refractivity contribution in [3.63, 3.8) is 0 Å². The van der Waals surface area contributed by atoms with Gasteiger partial charge in [0, 0.05) is 6.04 Å². The van der Waals surface area contributed by atoms with Gasteiger partial charge in [-0.2, -0.15) is 0 Å². The molecule has 0 unspecified atom stereocenters. The molecule has 4 N–H and O–H groups in total. The summed E-state index contributed by atoms with van der Waals surface area (Å²) in [6.45, 7) is 1.82. The van der Waals surface area contributed by atoms with Crippen LogP contribution in [0.15, 0.2) is 18.2 Å². The number of phenolic OH excluding ortho intramolecular Hbond substituents is 1. The van der Waals surface area contributed by atoms with Crippen LogP contribution in [0, 0.1) is 0 Å². The lowest BCUT2D eigenvalue weighted by Gasteiger charge is -2.07. The van der Waals surface area contributed by atoms with E-state index in [1.165, 1.54) is 12.1 Å². The number of benzene rings is 1. The molecular weight excluding hydrogens is 182 g/mol. The van der Waals surface area contributed by atoms with Gasteiger partial charge in [-0.3, -0.25) is 0 Å². The first kappa shape index (κ1) is 10.5. The number of rotatable bonds is 3. The summed E-state index contributed by atoms with van der Waals surface area (Å²) >= 11 is 0. The van der Waals surface area contributed by atoms with Gasteiger partial charge in [0.2, 0.25) is 0 Å². The highest BCUT2D eigenvalue weighted by atomic mass is 16.4. The molecule has 0 aliphatic carbocycles. The van der Waals surface area contributed by atoms with Gasteiger partial charge < -0.3 is 15.9 Å². The van der Waals surface area contributed by atoms with E-state index in [2.05, 4.69) is 0 Å². The number of carboxylic acids is 1. The van der Waals surface area contributed by atoms with E-state index in [1.807, 2.05) is 6.92 Å². The van der Waals surface area contributed by atoms with Crippen LogP contribution in [0.5, 0.6) is 5.75 Å². The highest BCUT2D eigenvalue weighted by molar-refractivity contribution is 5.88. The second-order valence-corrected chi connectivity index (χ2v) is 3.33. The molecule has 0 amide bonds. The number of aromatic hydroxyl groups is 1. The Morgan fingerprint density at radius 2 is 2.21 bits per heavy atom. The molecular formula is C10H13NO3. The summed E-state index contributed by atoms with van der Waals surface area (Å²) in [4.78, 5) is 10.6. The average Bonchev–Trinajstić information content (AvgIpc) is 2.07. The Balaban J connectivity index is 2.95. The van der Waals surface area contributed by atoms with E-state index in [4.69, 9.17) is 10.8 Å². The van der Waals surface area contributed by atoms with Crippen molar-refractivity contribution in [3.8, 4) is 5.75 Å². The molecule has 1 aromatic rings. The molecule has 0 saturated carbocycles. The maximum Gasteiger partial charge on any atom is 0.335 e. The fourth-order valence-electron chi connectivity index (χ4n) is 1.22. The number of hydrogen-bond donors (Lipinski definition) is 3. The van der Waals surface area contributed by atoms with Crippen molar-refractivity contribution in [2.75, 3.05) is 0 Å². The van der Waals surface area contributed by atoms with Gasteiger partial charge in [-0.05, 0) is 31.0 Å². The minimum absolute atomic E-state index is 0.0119. The van der Waals surface area contributed by atoms with E-state index in [-0.39, 0.29) is 17.4 Å². The number of hydrogen-bond acceptors (Lipinski definition) is 3. The van der Waals surface area contributed by atoms with Crippen molar-refractivity contribution in [2.24, 2.45) is 5.73 Å². The van der Waals surface area contributed by atoms with E-state index in [1.54, 1.807) is 6.07 Å². The fraction of sp³-hybridized carbons (Fsp3) is 0.300. The molecule has 0 aliphatic heterocycles. The molecule has 0 saturated heterocycles. The van der Waals surface area contributed by atoms with Gasteiger partial charge in [0.05, 0.1) is 5.56 Å². The summed E-state index contributed by atoms with van der Waals surface area (Å²) in [5.74, 6) is -1.06. The first-order valence-electron chi connectivity index (χ1n) is 4.31. The van der Waals surface area contributed by atoms with E-state index in [0.717, 1.165) is 0 Å². The molecule has 0 fully saturated rings. The van der Waals surface area contributed by atoms with Crippen LogP contribution < -0.4 is 5.73 Å². The summed E-state index contributed by atoms with van der Waals surface area (Å²) in [6, 6.07) is 4.22. The van der Waals surface area contributed by atoms with Crippen molar-refractivity contribution in [3.05, 3.63) is 29.3 Å². The van der Waals surface area contributed by atoms with Gasteiger partial charge in [0.25, 0.3) is 0 Å². The largest absolute Gasteiger partial charge is 0.508 e. The smallest absolute Gasteiger partial charge is 0.335 e. The Hall–Kier alpha value is -1.55. The average molecular weight is 195 g/mol. The summed E-state index contributed by atoms with van der Waals surface area (Å²) < 4.78 is 0. The van der Waals surface area contributed by atoms with Gasteiger partial charge in [-0.15, -0.1) is 0 Å². The Labute approximate surface area is 82.0 Å². The van der Waals surface area contributed by atoms with Gasteiger partial charge in [0.1, 0.15) is 5.75 Å². The van der Waals surface area contributed by atoms with Gasteiger partial charge in [0.15, 0.2) is 0 Å². The molecule has 0 spiro atoms. The van der Waals surface area contributed by atoms with Gasteiger partial charge in [-0.25, -0.2) is 4.79 Å². The fourth-order valence-corrected chi connectivity index (χ4v) is 1.22. The summed E-state index contributed by atoms with van der Waals surface area (Å²) in [5, 5.41) is 18.1. The molecule has 1 rings (SSSR count). The lowest BCUT2D eigenvalue weighted by molar-refractivity contribution is 0.0696. The third-order valence-electron chi connectivity index (χ3n) is 1.87. The molecule has 0 bridgehead atoms. The summed E-state index contributed by atoms with van der Waals surface area (Å²) in [6.07, 6.45) is 0.533. The minimum Gasteiger partial charge on any atom is -0.508 e. The molecule has 4 nitrogen and oxygen atoms in total. The van der Waals surface area contributed by atoms with Crippen LogP contribution in [0.4, 0.5) is 0 Å². The highest BCUT2D eigenvalue weighted by Crippen LogP contribution is 2.19. The summed E-state index contributed by atoms with van der Waals surface area (Å²) in [5.41, 5.74) is 6.31. The van der Waals surface area contributed by atoms with Crippen molar-refractivity contribution < 1.29 is 15.0 Å². The molecule has 0 aromatic heterocycles. The Morgan fingerprint density at radius 3 is 2.64 bits per heavy atom. The van der Waals surface area contributed by atoms with Crippen molar-refractivity contribution >= 4 is 5.97 Å².